The highest BCUT2D eigenvalue weighted by Crippen LogP contribution is 2.59. The molecular weight excluding hydrogens is 362 g/mol. The first-order valence-electron chi connectivity index (χ1n) is 10.8. The first-order chi connectivity index (χ1) is 13.9. The van der Waals surface area contributed by atoms with E-state index in [1.54, 1.807) is 0 Å². The minimum absolute atomic E-state index is 0.208. The predicted molar refractivity (Wildman–Crippen MR) is 112 cm³/mol. The van der Waals surface area contributed by atoms with Crippen LogP contribution in [0.15, 0.2) is 30.3 Å². The van der Waals surface area contributed by atoms with Gasteiger partial charge in [-0.1, -0.05) is 12.1 Å². The third-order valence-corrected chi connectivity index (χ3v) is 7.28. The van der Waals surface area contributed by atoms with Gasteiger partial charge in [-0.2, -0.15) is 0 Å². The number of carbonyl (C=O) groups excluding carboxylic acids is 1. The van der Waals surface area contributed by atoms with E-state index in [0.717, 1.165) is 41.9 Å². The van der Waals surface area contributed by atoms with Crippen molar-refractivity contribution in [2.75, 3.05) is 5.32 Å². The minimum atomic E-state index is -0.439. The fourth-order valence-corrected chi connectivity index (χ4v) is 6.43. The van der Waals surface area contributed by atoms with Crippen molar-refractivity contribution < 1.29 is 9.90 Å². The summed E-state index contributed by atoms with van der Waals surface area (Å²) in [6.45, 7) is 3.89. The van der Waals surface area contributed by atoms with E-state index in [9.17, 15) is 9.90 Å². The largest absolute Gasteiger partial charge is 0.390 e. The molecule has 4 bridgehead atoms. The summed E-state index contributed by atoms with van der Waals surface area (Å²) in [5, 5.41) is 14.0. The van der Waals surface area contributed by atoms with Gasteiger partial charge in [-0.05, 0) is 87.8 Å². The van der Waals surface area contributed by atoms with Crippen LogP contribution in [0, 0.1) is 37.5 Å². The molecule has 152 valence electrons. The Hall–Kier alpha value is -2.27. The minimum Gasteiger partial charge on any atom is -0.390 e. The number of Topliss-reactive ketones (excluding diaryl/α,β-unsaturated/α-hetero) is 1. The van der Waals surface area contributed by atoms with Crippen molar-refractivity contribution in [2.24, 2.45) is 23.7 Å². The number of anilines is 2. The number of aliphatic hydroxyl groups is 1. The van der Waals surface area contributed by atoms with Crippen molar-refractivity contribution in [3.63, 3.8) is 0 Å². The summed E-state index contributed by atoms with van der Waals surface area (Å²) >= 11 is 0. The Morgan fingerprint density at radius 1 is 1.10 bits per heavy atom. The van der Waals surface area contributed by atoms with E-state index in [2.05, 4.69) is 15.3 Å². The molecule has 1 aromatic carbocycles. The maximum atomic E-state index is 13.1. The van der Waals surface area contributed by atoms with Gasteiger partial charge in [0.2, 0.25) is 5.95 Å². The summed E-state index contributed by atoms with van der Waals surface area (Å²) in [7, 11) is 0. The lowest BCUT2D eigenvalue weighted by molar-refractivity contribution is -0.151. The van der Waals surface area contributed by atoms with Crippen LogP contribution in [0.25, 0.3) is 0 Å². The monoisotopic (exact) mass is 391 g/mol. The zero-order valence-electron chi connectivity index (χ0n) is 17.2. The molecule has 0 saturated heterocycles. The predicted octanol–water partition coefficient (Wildman–Crippen LogP) is 4.60. The first-order valence-corrected chi connectivity index (χ1v) is 10.8. The third-order valence-electron chi connectivity index (χ3n) is 7.28. The number of rotatable bonds is 5. The Labute approximate surface area is 172 Å². The highest BCUT2D eigenvalue weighted by atomic mass is 16.3. The van der Waals surface area contributed by atoms with Crippen LogP contribution in [0.3, 0.4) is 0 Å². The molecule has 4 aliphatic carbocycles. The molecule has 0 spiro atoms. The van der Waals surface area contributed by atoms with Crippen molar-refractivity contribution in [3.05, 3.63) is 47.3 Å². The highest BCUT2D eigenvalue weighted by molar-refractivity contribution is 5.97. The zero-order valence-corrected chi connectivity index (χ0v) is 17.2. The van der Waals surface area contributed by atoms with Crippen molar-refractivity contribution in [1.82, 2.24) is 9.97 Å². The molecule has 5 heteroatoms. The number of nitrogens with zero attached hydrogens (tertiary/aromatic N) is 2. The topological polar surface area (TPSA) is 75.1 Å². The van der Waals surface area contributed by atoms with Gasteiger partial charge in [-0.15, -0.1) is 0 Å². The zero-order chi connectivity index (χ0) is 20.2. The van der Waals surface area contributed by atoms with E-state index in [0.29, 0.717) is 36.0 Å². The lowest BCUT2D eigenvalue weighted by Gasteiger charge is -2.58. The third kappa shape index (κ3) is 3.68. The molecule has 2 N–H and O–H groups in total. The molecule has 0 radical (unpaired) electrons. The maximum absolute atomic E-state index is 13.1. The normalized spacial score (nSPS) is 32.4. The van der Waals surface area contributed by atoms with Crippen molar-refractivity contribution >= 4 is 17.4 Å². The molecule has 6 rings (SSSR count). The molecule has 2 unspecified atom stereocenters. The van der Waals surface area contributed by atoms with E-state index in [4.69, 9.17) is 0 Å². The Morgan fingerprint density at radius 2 is 1.79 bits per heavy atom. The van der Waals surface area contributed by atoms with Crippen LogP contribution >= 0.6 is 0 Å². The van der Waals surface area contributed by atoms with Crippen LogP contribution in [0.2, 0.25) is 0 Å². The van der Waals surface area contributed by atoms with Gasteiger partial charge < -0.3 is 10.4 Å². The summed E-state index contributed by atoms with van der Waals surface area (Å²) in [6, 6.07) is 9.60. The van der Waals surface area contributed by atoms with Crippen molar-refractivity contribution in [1.29, 1.82) is 0 Å². The van der Waals surface area contributed by atoms with Gasteiger partial charge in [-0.25, -0.2) is 9.97 Å². The lowest BCUT2D eigenvalue weighted by atomic mass is 9.49. The Kier molecular flexibility index (Phi) is 4.46. The molecule has 0 amide bonds. The van der Waals surface area contributed by atoms with Crippen molar-refractivity contribution in [3.8, 4) is 0 Å². The number of hydrogen-bond donors (Lipinski definition) is 2. The summed E-state index contributed by atoms with van der Waals surface area (Å²) in [6.07, 6.45) is 5.76. The number of benzene rings is 1. The number of hydrogen-bond acceptors (Lipinski definition) is 5. The average Bonchev–Trinajstić information content (AvgIpc) is 2.62. The second-order valence-electron chi connectivity index (χ2n) is 9.67. The molecular formula is C24H29N3O2. The van der Waals surface area contributed by atoms with Gasteiger partial charge in [0, 0.05) is 29.1 Å². The number of ketones is 1. The maximum Gasteiger partial charge on any atom is 0.227 e. The fraction of sp³-hybridized carbons (Fsp3) is 0.542. The molecule has 2 atom stereocenters. The number of nitrogens with one attached hydrogen (secondary N) is 1. The van der Waals surface area contributed by atoms with E-state index in [1.807, 2.05) is 44.2 Å². The van der Waals surface area contributed by atoms with Gasteiger partial charge in [-0.3, -0.25) is 4.79 Å². The summed E-state index contributed by atoms with van der Waals surface area (Å²) in [5.74, 6) is 2.90. The molecule has 4 aliphatic rings. The Bertz CT molecular complexity index is 921. The van der Waals surface area contributed by atoms with Gasteiger partial charge in [0.15, 0.2) is 5.78 Å². The van der Waals surface area contributed by atoms with Gasteiger partial charge >= 0.3 is 0 Å². The Balaban J connectivity index is 1.30. The average molecular weight is 392 g/mol. The van der Waals surface area contributed by atoms with Crippen LogP contribution in [0.1, 0.15) is 60.3 Å². The SMILES string of the molecule is Cc1cc(C)nc(Nc2cccc(C(=O)CC3C4CC5CC3CC(O)(C5)C4)c2)n1. The molecule has 5 nitrogen and oxygen atoms in total. The van der Waals surface area contributed by atoms with Crippen LogP contribution in [0.5, 0.6) is 0 Å². The molecule has 1 aromatic heterocycles. The van der Waals surface area contributed by atoms with E-state index in [1.165, 1.54) is 12.8 Å². The standard InChI is InChI=1S/C24H29N3O2/c1-14-6-15(2)26-23(25-14)27-20-5-3-4-17(9-20)22(28)10-21-18-7-16-8-19(21)13-24(29,11-16)12-18/h3-6,9,16,18-19,21,29H,7-8,10-13H2,1-2H3,(H,25,26,27). The van der Waals surface area contributed by atoms with Crippen LogP contribution in [-0.2, 0) is 0 Å². The van der Waals surface area contributed by atoms with Crippen molar-refractivity contribution in [2.45, 2.75) is 58.0 Å². The molecule has 2 aromatic rings. The smallest absolute Gasteiger partial charge is 0.227 e. The fourth-order valence-electron chi connectivity index (χ4n) is 6.43. The quantitative estimate of drug-likeness (QED) is 0.729. The van der Waals surface area contributed by atoms with Crippen LogP contribution < -0.4 is 5.32 Å². The lowest BCUT2D eigenvalue weighted by Crippen LogP contribution is -2.54. The van der Waals surface area contributed by atoms with Gasteiger partial charge in [0.1, 0.15) is 0 Å². The number of carbonyl (C=O) groups is 1. The second-order valence-corrected chi connectivity index (χ2v) is 9.67. The molecule has 0 aliphatic heterocycles. The van der Waals surface area contributed by atoms with E-state index >= 15 is 0 Å². The summed E-state index contributed by atoms with van der Waals surface area (Å²) in [4.78, 5) is 22.0. The first kappa shape index (κ1) is 18.7. The summed E-state index contributed by atoms with van der Waals surface area (Å²) < 4.78 is 0. The number of aryl methyl sites for hydroxylation is 2. The Morgan fingerprint density at radius 3 is 2.45 bits per heavy atom. The van der Waals surface area contributed by atoms with Crippen LogP contribution in [-0.4, -0.2) is 26.5 Å². The molecule has 4 fully saturated rings. The van der Waals surface area contributed by atoms with Gasteiger partial charge in [0.05, 0.1) is 5.60 Å². The van der Waals surface area contributed by atoms with E-state index in [-0.39, 0.29) is 5.78 Å². The van der Waals surface area contributed by atoms with E-state index < -0.39 is 5.60 Å². The van der Waals surface area contributed by atoms with Crippen LogP contribution in [0.4, 0.5) is 11.6 Å². The molecule has 29 heavy (non-hydrogen) atoms. The highest BCUT2D eigenvalue weighted by Gasteiger charge is 2.54. The summed E-state index contributed by atoms with van der Waals surface area (Å²) in [5.41, 5.74) is 2.96. The molecule has 4 saturated carbocycles. The number of aromatic nitrogens is 2. The molecule has 1 heterocycles. The second kappa shape index (κ2) is 6.91. The van der Waals surface area contributed by atoms with Gasteiger partial charge in [0.25, 0.3) is 0 Å².